The van der Waals surface area contributed by atoms with Gasteiger partial charge in [-0.3, -0.25) is 0 Å². The Morgan fingerprint density at radius 1 is 1.10 bits per heavy atom. The maximum atomic E-state index is 13.8. The van der Waals surface area contributed by atoms with Crippen molar-refractivity contribution >= 4 is 15.9 Å². The summed E-state index contributed by atoms with van der Waals surface area (Å²) in [5.41, 5.74) is 3.14. The molecule has 0 amide bonds. The molecule has 2 aromatic rings. The van der Waals surface area contributed by atoms with Crippen LogP contribution in [0.5, 0.6) is 0 Å². The van der Waals surface area contributed by atoms with Crippen molar-refractivity contribution < 1.29 is 8.78 Å². The summed E-state index contributed by atoms with van der Waals surface area (Å²) in [6.45, 7) is 6.28. The van der Waals surface area contributed by atoms with E-state index in [1.807, 2.05) is 19.1 Å². The van der Waals surface area contributed by atoms with Gasteiger partial charge in [-0.2, -0.15) is 0 Å². The Morgan fingerprint density at radius 2 is 1.71 bits per heavy atom. The van der Waals surface area contributed by atoms with Crippen LogP contribution < -0.4 is 5.32 Å². The summed E-state index contributed by atoms with van der Waals surface area (Å²) >= 11 is 3.41. The van der Waals surface area contributed by atoms with E-state index in [0.717, 1.165) is 17.7 Å². The first-order chi connectivity index (χ1) is 9.93. The van der Waals surface area contributed by atoms with E-state index in [4.69, 9.17) is 0 Å². The first kappa shape index (κ1) is 16.1. The van der Waals surface area contributed by atoms with Crippen LogP contribution in [0.2, 0.25) is 0 Å². The molecule has 1 nitrogen and oxygen atoms in total. The maximum Gasteiger partial charge on any atom is 0.129 e. The number of halogens is 3. The number of rotatable bonds is 4. The third-order valence-corrected chi connectivity index (χ3v) is 4.16. The van der Waals surface area contributed by atoms with Crippen LogP contribution in [-0.2, 0) is 0 Å². The van der Waals surface area contributed by atoms with E-state index in [1.165, 1.54) is 12.1 Å². The van der Waals surface area contributed by atoms with Crippen molar-refractivity contribution in [3.63, 3.8) is 0 Å². The van der Waals surface area contributed by atoms with Crippen molar-refractivity contribution in [1.82, 2.24) is 5.32 Å². The Bertz CT molecular complexity index is 632. The highest BCUT2D eigenvalue weighted by Crippen LogP contribution is 2.31. The first-order valence-electron chi connectivity index (χ1n) is 6.89. The molecule has 1 N–H and O–H groups in total. The number of hydrogen-bond donors (Lipinski definition) is 1. The van der Waals surface area contributed by atoms with Gasteiger partial charge >= 0.3 is 0 Å². The SMILES string of the molecule is CCNC(c1cc(C)c(F)c(C)c1)c1ccc(F)cc1Br. The zero-order valence-corrected chi connectivity index (χ0v) is 13.9. The summed E-state index contributed by atoms with van der Waals surface area (Å²) in [6, 6.07) is 8.21. The number of nitrogens with one attached hydrogen (secondary N) is 1. The van der Waals surface area contributed by atoms with Crippen LogP contribution in [0.1, 0.15) is 35.2 Å². The molecule has 0 bridgehead atoms. The molecule has 112 valence electrons. The van der Waals surface area contributed by atoms with Gasteiger partial charge < -0.3 is 5.32 Å². The molecule has 0 radical (unpaired) electrons. The fourth-order valence-electron chi connectivity index (χ4n) is 2.49. The maximum absolute atomic E-state index is 13.8. The summed E-state index contributed by atoms with van der Waals surface area (Å²) in [5, 5.41) is 3.37. The molecule has 0 aliphatic carbocycles. The standard InChI is InChI=1S/C17H18BrF2N/c1-4-21-17(14-6-5-13(19)9-15(14)18)12-7-10(2)16(20)11(3)8-12/h5-9,17,21H,4H2,1-3H3. The quantitative estimate of drug-likeness (QED) is 0.811. The second-order valence-corrected chi connectivity index (χ2v) is 5.98. The van der Waals surface area contributed by atoms with Gasteiger partial charge in [-0.25, -0.2) is 8.78 Å². The molecule has 2 rings (SSSR count). The summed E-state index contributed by atoms with van der Waals surface area (Å²) in [6.07, 6.45) is 0. The molecule has 1 unspecified atom stereocenters. The van der Waals surface area contributed by atoms with Gasteiger partial charge in [0.15, 0.2) is 0 Å². The minimum Gasteiger partial charge on any atom is -0.306 e. The van der Waals surface area contributed by atoms with Crippen LogP contribution in [-0.4, -0.2) is 6.54 Å². The zero-order valence-electron chi connectivity index (χ0n) is 12.3. The first-order valence-corrected chi connectivity index (χ1v) is 7.68. The molecule has 0 aliphatic rings. The predicted octanol–water partition coefficient (Wildman–Crippen LogP) is 5.04. The Kier molecular flexibility index (Phi) is 5.12. The molecule has 0 aromatic heterocycles. The molecule has 0 spiro atoms. The zero-order chi connectivity index (χ0) is 15.6. The van der Waals surface area contributed by atoms with Gasteiger partial charge in [0, 0.05) is 4.47 Å². The van der Waals surface area contributed by atoms with Gasteiger partial charge in [0.05, 0.1) is 6.04 Å². The smallest absolute Gasteiger partial charge is 0.129 e. The van der Waals surface area contributed by atoms with Crippen molar-refractivity contribution in [2.45, 2.75) is 26.8 Å². The monoisotopic (exact) mass is 353 g/mol. The third kappa shape index (κ3) is 3.50. The van der Waals surface area contributed by atoms with E-state index in [2.05, 4.69) is 21.2 Å². The van der Waals surface area contributed by atoms with Crippen molar-refractivity contribution in [1.29, 1.82) is 0 Å². The lowest BCUT2D eigenvalue weighted by Gasteiger charge is -2.21. The van der Waals surface area contributed by atoms with Crippen LogP contribution in [0, 0.1) is 25.5 Å². The molecule has 0 fully saturated rings. The Labute approximate surface area is 132 Å². The molecule has 0 saturated carbocycles. The topological polar surface area (TPSA) is 12.0 Å². The summed E-state index contributed by atoms with van der Waals surface area (Å²) < 4.78 is 27.8. The summed E-state index contributed by atoms with van der Waals surface area (Å²) in [4.78, 5) is 0. The van der Waals surface area contributed by atoms with Gasteiger partial charge in [-0.05, 0) is 54.8 Å². The van der Waals surface area contributed by atoms with E-state index in [-0.39, 0.29) is 17.7 Å². The number of aryl methyl sites for hydroxylation is 2. The van der Waals surface area contributed by atoms with Gasteiger partial charge in [0.1, 0.15) is 11.6 Å². The van der Waals surface area contributed by atoms with Gasteiger partial charge in [0.2, 0.25) is 0 Å². The molecule has 2 aromatic carbocycles. The van der Waals surface area contributed by atoms with Crippen LogP contribution in [0.4, 0.5) is 8.78 Å². The molecule has 21 heavy (non-hydrogen) atoms. The summed E-state index contributed by atoms with van der Waals surface area (Å²) in [7, 11) is 0. The van der Waals surface area contributed by atoms with Gasteiger partial charge in [-0.15, -0.1) is 0 Å². The number of hydrogen-bond acceptors (Lipinski definition) is 1. The molecule has 0 saturated heterocycles. The van der Waals surface area contributed by atoms with Gasteiger partial charge in [-0.1, -0.05) is 41.1 Å². The molecule has 0 aliphatic heterocycles. The fourth-order valence-corrected chi connectivity index (χ4v) is 3.07. The van der Waals surface area contributed by atoms with Crippen molar-refractivity contribution in [2.24, 2.45) is 0 Å². The molecular weight excluding hydrogens is 336 g/mol. The molecular formula is C17H18BrF2N. The van der Waals surface area contributed by atoms with E-state index in [0.29, 0.717) is 15.6 Å². The Balaban J connectivity index is 2.53. The average molecular weight is 354 g/mol. The lowest BCUT2D eigenvalue weighted by atomic mass is 9.95. The van der Waals surface area contributed by atoms with Gasteiger partial charge in [0.25, 0.3) is 0 Å². The highest BCUT2D eigenvalue weighted by atomic mass is 79.9. The summed E-state index contributed by atoms with van der Waals surface area (Å²) in [5.74, 6) is -0.459. The highest BCUT2D eigenvalue weighted by Gasteiger charge is 2.18. The van der Waals surface area contributed by atoms with Crippen LogP contribution in [0.15, 0.2) is 34.8 Å². The lowest BCUT2D eigenvalue weighted by molar-refractivity contribution is 0.595. The van der Waals surface area contributed by atoms with E-state index >= 15 is 0 Å². The second-order valence-electron chi connectivity index (χ2n) is 5.13. The van der Waals surface area contributed by atoms with Crippen LogP contribution in [0.25, 0.3) is 0 Å². The molecule has 4 heteroatoms. The second kappa shape index (κ2) is 6.67. The highest BCUT2D eigenvalue weighted by molar-refractivity contribution is 9.10. The van der Waals surface area contributed by atoms with Crippen LogP contribution in [0.3, 0.4) is 0 Å². The van der Waals surface area contributed by atoms with E-state index in [1.54, 1.807) is 19.9 Å². The Morgan fingerprint density at radius 3 is 2.24 bits per heavy atom. The fraction of sp³-hybridized carbons (Fsp3) is 0.294. The number of benzene rings is 2. The van der Waals surface area contributed by atoms with E-state index in [9.17, 15) is 8.78 Å². The third-order valence-electron chi connectivity index (χ3n) is 3.47. The van der Waals surface area contributed by atoms with Crippen LogP contribution >= 0.6 is 15.9 Å². The van der Waals surface area contributed by atoms with Crippen molar-refractivity contribution in [3.05, 3.63) is 68.7 Å². The van der Waals surface area contributed by atoms with Crippen molar-refractivity contribution in [2.75, 3.05) is 6.54 Å². The molecule has 0 heterocycles. The van der Waals surface area contributed by atoms with Crippen molar-refractivity contribution in [3.8, 4) is 0 Å². The average Bonchev–Trinajstić information content (AvgIpc) is 2.42. The van der Waals surface area contributed by atoms with E-state index < -0.39 is 0 Å². The minimum absolute atomic E-state index is 0.108. The minimum atomic E-state index is -0.285. The Hall–Kier alpha value is -1.26. The lowest BCUT2D eigenvalue weighted by Crippen LogP contribution is -2.22. The predicted molar refractivity (Wildman–Crippen MR) is 85.5 cm³/mol. The largest absolute Gasteiger partial charge is 0.306 e. The normalized spacial score (nSPS) is 12.5. The molecule has 1 atom stereocenters.